The average Bonchev–Trinajstić information content (AvgIpc) is 2.84. The van der Waals surface area contributed by atoms with Crippen LogP contribution in [0.5, 0.6) is 0 Å². The van der Waals surface area contributed by atoms with Crippen LogP contribution in [-0.4, -0.2) is 42.8 Å². The molecule has 0 saturated carbocycles. The second-order valence-electron chi connectivity index (χ2n) is 5.89. The van der Waals surface area contributed by atoms with Gasteiger partial charge < -0.3 is 9.80 Å². The van der Waals surface area contributed by atoms with E-state index >= 15 is 0 Å². The minimum absolute atomic E-state index is 0.210. The number of imide groups is 1. The first-order valence-electron chi connectivity index (χ1n) is 7.32. The van der Waals surface area contributed by atoms with Crippen molar-refractivity contribution in [1.29, 1.82) is 5.26 Å². The van der Waals surface area contributed by atoms with E-state index in [1.165, 1.54) is 4.90 Å². The van der Waals surface area contributed by atoms with Crippen LogP contribution in [0.4, 0.5) is 5.69 Å². The molecule has 0 bridgehead atoms. The Morgan fingerprint density at radius 1 is 1.30 bits per heavy atom. The van der Waals surface area contributed by atoms with Gasteiger partial charge in [-0.2, -0.15) is 5.26 Å². The lowest BCUT2D eigenvalue weighted by atomic mass is 10.0. The number of carbonyl (C=O) groups excluding carboxylic acids is 3. The van der Waals surface area contributed by atoms with E-state index < -0.39 is 11.9 Å². The van der Waals surface area contributed by atoms with Gasteiger partial charge in [0.15, 0.2) is 0 Å². The topological polar surface area (TPSA) is 93.5 Å². The number of anilines is 1. The summed E-state index contributed by atoms with van der Waals surface area (Å²) >= 11 is 0. The molecule has 3 amide bonds. The average molecular weight is 312 g/mol. The highest BCUT2D eigenvalue weighted by Crippen LogP contribution is 2.35. The Hall–Kier alpha value is -2.88. The SMILES string of the molecule is CN(C)c1ccc(C#N)c2c1CN(C1CCC(=O)NC1=O)C2=O. The highest BCUT2D eigenvalue weighted by Gasteiger charge is 2.41. The maximum Gasteiger partial charge on any atom is 0.256 e. The molecule has 2 aliphatic heterocycles. The number of fused-ring (bicyclic) bond motifs is 1. The Labute approximate surface area is 133 Å². The predicted molar refractivity (Wildman–Crippen MR) is 81.5 cm³/mol. The Morgan fingerprint density at radius 3 is 2.65 bits per heavy atom. The summed E-state index contributed by atoms with van der Waals surface area (Å²) in [7, 11) is 3.72. The molecular formula is C16H16N4O3. The van der Waals surface area contributed by atoms with Crippen LogP contribution in [0.15, 0.2) is 12.1 Å². The highest BCUT2D eigenvalue weighted by atomic mass is 16.2. The number of nitriles is 1. The second-order valence-corrected chi connectivity index (χ2v) is 5.89. The Kier molecular flexibility index (Phi) is 3.52. The Morgan fingerprint density at radius 2 is 2.04 bits per heavy atom. The van der Waals surface area contributed by atoms with Gasteiger partial charge in [0.1, 0.15) is 6.04 Å². The molecule has 1 atom stereocenters. The normalized spacial score (nSPS) is 20.1. The van der Waals surface area contributed by atoms with E-state index in [0.717, 1.165) is 11.3 Å². The number of benzene rings is 1. The van der Waals surface area contributed by atoms with Gasteiger partial charge in [-0.05, 0) is 18.6 Å². The van der Waals surface area contributed by atoms with Crippen LogP contribution in [0.25, 0.3) is 0 Å². The van der Waals surface area contributed by atoms with Crippen molar-refractivity contribution in [2.75, 3.05) is 19.0 Å². The van der Waals surface area contributed by atoms with Crippen LogP contribution in [0.2, 0.25) is 0 Å². The van der Waals surface area contributed by atoms with Gasteiger partial charge in [-0.3, -0.25) is 19.7 Å². The molecule has 3 rings (SSSR count). The number of amides is 3. The molecule has 0 aliphatic carbocycles. The van der Waals surface area contributed by atoms with Crippen molar-refractivity contribution in [3.8, 4) is 6.07 Å². The van der Waals surface area contributed by atoms with Crippen molar-refractivity contribution >= 4 is 23.4 Å². The van der Waals surface area contributed by atoms with Crippen molar-refractivity contribution in [1.82, 2.24) is 10.2 Å². The van der Waals surface area contributed by atoms with Gasteiger partial charge in [0.05, 0.1) is 17.2 Å². The van der Waals surface area contributed by atoms with Crippen molar-refractivity contribution in [2.24, 2.45) is 0 Å². The number of hydrogen-bond acceptors (Lipinski definition) is 5. The summed E-state index contributed by atoms with van der Waals surface area (Å²) in [5.74, 6) is -1.09. The predicted octanol–water partition coefficient (Wildman–Crippen LogP) is 0.385. The number of rotatable bonds is 2. The van der Waals surface area contributed by atoms with E-state index in [1.54, 1.807) is 12.1 Å². The largest absolute Gasteiger partial charge is 0.377 e. The van der Waals surface area contributed by atoms with Gasteiger partial charge in [0, 0.05) is 38.3 Å². The van der Waals surface area contributed by atoms with E-state index in [4.69, 9.17) is 0 Å². The zero-order valence-corrected chi connectivity index (χ0v) is 12.9. The van der Waals surface area contributed by atoms with Gasteiger partial charge in [0.25, 0.3) is 5.91 Å². The molecule has 0 spiro atoms. The van der Waals surface area contributed by atoms with Gasteiger partial charge in [-0.1, -0.05) is 0 Å². The lowest BCUT2D eigenvalue weighted by Gasteiger charge is -2.29. The fourth-order valence-corrected chi connectivity index (χ4v) is 3.17. The molecule has 0 aromatic heterocycles. The van der Waals surface area contributed by atoms with Crippen molar-refractivity contribution in [3.63, 3.8) is 0 Å². The zero-order chi connectivity index (χ0) is 16.7. The molecule has 2 heterocycles. The number of hydrogen-bond donors (Lipinski definition) is 1. The van der Waals surface area contributed by atoms with Crippen LogP contribution in [0.1, 0.15) is 34.3 Å². The van der Waals surface area contributed by atoms with Gasteiger partial charge in [-0.15, -0.1) is 0 Å². The Bertz CT molecular complexity index is 763. The first-order chi connectivity index (χ1) is 10.9. The maximum atomic E-state index is 12.8. The quantitative estimate of drug-likeness (QED) is 0.797. The summed E-state index contributed by atoms with van der Waals surface area (Å²) < 4.78 is 0. The monoisotopic (exact) mass is 312 g/mol. The molecule has 1 aromatic rings. The van der Waals surface area contributed by atoms with Crippen molar-refractivity contribution < 1.29 is 14.4 Å². The summed E-state index contributed by atoms with van der Waals surface area (Å²) in [6.07, 6.45) is 0.520. The highest BCUT2D eigenvalue weighted by molar-refractivity contribution is 6.07. The van der Waals surface area contributed by atoms with E-state index in [1.807, 2.05) is 25.1 Å². The molecular weight excluding hydrogens is 296 g/mol. The minimum Gasteiger partial charge on any atom is -0.377 e. The Balaban J connectivity index is 2.02. The van der Waals surface area contributed by atoms with Crippen molar-refractivity contribution in [3.05, 3.63) is 28.8 Å². The molecule has 7 nitrogen and oxygen atoms in total. The third-order valence-electron chi connectivity index (χ3n) is 4.28. The van der Waals surface area contributed by atoms with Crippen LogP contribution < -0.4 is 10.2 Å². The zero-order valence-electron chi connectivity index (χ0n) is 12.9. The summed E-state index contributed by atoms with van der Waals surface area (Å²) in [6, 6.07) is 4.80. The first-order valence-corrected chi connectivity index (χ1v) is 7.32. The van der Waals surface area contributed by atoms with Gasteiger partial charge >= 0.3 is 0 Å². The first kappa shape index (κ1) is 15.0. The number of nitrogens with zero attached hydrogens (tertiary/aromatic N) is 3. The van der Waals surface area contributed by atoms with Gasteiger partial charge in [0.2, 0.25) is 11.8 Å². The smallest absolute Gasteiger partial charge is 0.256 e. The molecule has 2 aliphatic rings. The molecule has 1 saturated heterocycles. The standard InChI is InChI=1S/C16H16N4O3/c1-19(2)11-4-3-9(7-17)14-10(11)8-20(16(14)23)12-5-6-13(21)18-15(12)22/h3-4,12H,5-6,8H2,1-2H3,(H,18,21,22). The third-order valence-corrected chi connectivity index (χ3v) is 4.28. The van der Waals surface area contributed by atoms with E-state index in [9.17, 15) is 19.6 Å². The van der Waals surface area contributed by atoms with E-state index in [-0.39, 0.29) is 24.8 Å². The molecule has 1 aromatic carbocycles. The van der Waals surface area contributed by atoms with Crippen LogP contribution in [0, 0.1) is 11.3 Å². The second kappa shape index (κ2) is 5.39. The van der Waals surface area contributed by atoms with Crippen LogP contribution in [-0.2, 0) is 16.1 Å². The molecule has 23 heavy (non-hydrogen) atoms. The van der Waals surface area contributed by atoms with Crippen LogP contribution in [0.3, 0.4) is 0 Å². The maximum absolute atomic E-state index is 12.8. The molecule has 1 fully saturated rings. The number of nitrogens with one attached hydrogen (secondary N) is 1. The molecule has 1 unspecified atom stereocenters. The summed E-state index contributed by atoms with van der Waals surface area (Å²) in [5, 5.41) is 11.5. The minimum atomic E-state index is -0.672. The summed E-state index contributed by atoms with van der Waals surface area (Å²) in [5.41, 5.74) is 2.28. The van der Waals surface area contributed by atoms with Crippen molar-refractivity contribution in [2.45, 2.75) is 25.4 Å². The lowest BCUT2D eigenvalue weighted by molar-refractivity contribution is -0.136. The number of piperidine rings is 1. The van der Waals surface area contributed by atoms with Gasteiger partial charge in [-0.25, -0.2) is 0 Å². The molecule has 118 valence electrons. The van der Waals surface area contributed by atoms with Crippen LogP contribution >= 0.6 is 0 Å². The third kappa shape index (κ3) is 2.32. The molecule has 1 N–H and O–H groups in total. The molecule has 0 radical (unpaired) electrons. The summed E-state index contributed by atoms with van der Waals surface area (Å²) in [4.78, 5) is 39.5. The fourth-order valence-electron chi connectivity index (χ4n) is 3.17. The lowest BCUT2D eigenvalue weighted by Crippen LogP contribution is -2.52. The fraction of sp³-hybridized carbons (Fsp3) is 0.375. The molecule has 7 heteroatoms. The van der Waals surface area contributed by atoms with E-state index in [2.05, 4.69) is 5.32 Å². The van der Waals surface area contributed by atoms with E-state index in [0.29, 0.717) is 17.5 Å². The summed E-state index contributed by atoms with van der Waals surface area (Å²) in [6.45, 7) is 0.267. The number of carbonyl (C=O) groups is 3.